The maximum absolute atomic E-state index is 10.3. The second-order valence-corrected chi connectivity index (χ2v) is 10.9. The van der Waals surface area contributed by atoms with E-state index in [0.29, 0.717) is 19.4 Å². The minimum absolute atomic E-state index is 0.0752. The lowest BCUT2D eigenvalue weighted by molar-refractivity contribution is -0.247. The molecular weight excluding hydrogens is 452 g/mol. The third-order valence-electron chi connectivity index (χ3n) is 8.19. The lowest BCUT2D eigenvalue weighted by Gasteiger charge is -2.38. The van der Waals surface area contributed by atoms with Crippen LogP contribution in [0.4, 0.5) is 0 Å². The largest absolute Gasteiger partial charge is 0.393 e. The van der Waals surface area contributed by atoms with Gasteiger partial charge in [0.15, 0.2) is 12.6 Å². The van der Waals surface area contributed by atoms with Crippen LogP contribution in [-0.4, -0.2) is 41.4 Å². The zero-order valence-electron chi connectivity index (χ0n) is 21.1. The van der Waals surface area contributed by atoms with E-state index in [9.17, 15) is 5.11 Å². The van der Waals surface area contributed by atoms with Crippen LogP contribution in [0.5, 0.6) is 0 Å². The van der Waals surface area contributed by atoms with Gasteiger partial charge >= 0.3 is 0 Å². The molecule has 2 saturated heterocycles. The fourth-order valence-corrected chi connectivity index (χ4v) is 6.42. The van der Waals surface area contributed by atoms with Crippen LogP contribution < -0.4 is 0 Å². The first-order valence-corrected chi connectivity index (χ1v) is 13.3. The molecule has 6 rings (SSSR count). The molecule has 5 heteroatoms. The highest BCUT2D eigenvalue weighted by atomic mass is 16.8. The predicted octanol–water partition coefficient (Wildman–Crippen LogP) is 5.94. The summed E-state index contributed by atoms with van der Waals surface area (Å²) in [5.74, 6) is 0.210. The normalized spacial score (nSPS) is 34.4. The zero-order valence-corrected chi connectivity index (χ0v) is 21.1. The Morgan fingerprint density at radius 2 is 1.69 bits per heavy atom. The standard InChI is InChI=1S/C31H36O5/c1-3-27-26(19-33-29(34-27)25-14-13-23-11-7-8-12-24(23)16-25)18-31-20-30(31,17-21(2)32)35-28(36-31)15-22-9-5-4-6-10-22/h4-14,16,21,26-29,32H,3,15,17-20H2,1-2H3. The smallest absolute Gasteiger partial charge is 0.184 e. The number of rotatable bonds is 8. The van der Waals surface area contributed by atoms with Gasteiger partial charge in [-0.1, -0.05) is 73.7 Å². The van der Waals surface area contributed by atoms with Crippen molar-refractivity contribution in [3.8, 4) is 0 Å². The summed E-state index contributed by atoms with van der Waals surface area (Å²) in [6.45, 7) is 4.63. The predicted molar refractivity (Wildman–Crippen MR) is 138 cm³/mol. The Balaban J connectivity index is 1.16. The van der Waals surface area contributed by atoms with Crippen LogP contribution in [0.3, 0.4) is 0 Å². The van der Waals surface area contributed by atoms with Crippen LogP contribution in [0.25, 0.3) is 10.8 Å². The molecule has 3 fully saturated rings. The highest BCUT2D eigenvalue weighted by Crippen LogP contribution is 2.65. The minimum atomic E-state index is -0.441. The van der Waals surface area contributed by atoms with Crippen molar-refractivity contribution >= 4 is 10.8 Å². The van der Waals surface area contributed by atoms with Gasteiger partial charge in [-0.3, -0.25) is 0 Å². The van der Waals surface area contributed by atoms with Crippen LogP contribution in [0.2, 0.25) is 0 Å². The van der Waals surface area contributed by atoms with Gasteiger partial charge in [0.05, 0.1) is 18.8 Å². The van der Waals surface area contributed by atoms with Gasteiger partial charge in [0.1, 0.15) is 11.2 Å². The van der Waals surface area contributed by atoms with Crippen LogP contribution >= 0.6 is 0 Å². The molecule has 36 heavy (non-hydrogen) atoms. The molecule has 1 saturated carbocycles. The molecule has 7 unspecified atom stereocenters. The zero-order chi connectivity index (χ0) is 24.8. The van der Waals surface area contributed by atoms with Crippen molar-refractivity contribution in [2.75, 3.05) is 6.61 Å². The molecule has 5 nitrogen and oxygen atoms in total. The summed E-state index contributed by atoms with van der Waals surface area (Å²) in [5.41, 5.74) is 1.44. The van der Waals surface area contributed by atoms with E-state index in [1.54, 1.807) is 0 Å². The van der Waals surface area contributed by atoms with Crippen molar-refractivity contribution < 1.29 is 24.1 Å². The molecule has 3 aromatic carbocycles. The minimum Gasteiger partial charge on any atom is -0.393 e. The molecule has 3 aromatic rings. The van der Waals surface area contributed by atoms with Gasteiger partial charge in [-0.15, -0.1) is 0 Å². The van der Waals surface area contributed by atoms with Gasteiger partial charge in [-0.2, -0.15) is 0 Å². The Hall–Kier alpha value is -2.28. The molecule has 1 N–H and O–H groups in total. The van der Waals surface area contributed by atoms with Crippen LogP contribution in [0.15, 0.2) is 72.8 Å². The Bertz CT molecular complexity index is 1200. The molecule has 190 valence electrons. The monoisotopic (exact) mass is 488 g/mol. The molecule has 7 atom stereocenters. The van der Waals surface area contributed by atoms with Crippen molar-refractivity contribution in [3.05, 3.63) is 83.9 Å². The van der Waals surface area contributed by atoms with Crippen LogP contribution in [0, 0.1) is 5.92 Å². The number of benzene rings is 3. The molecule has 2 heterocycles. The molecule has 0 amide bonds. The Kier molecular flexibility index (Phi) is 6.39. The van der Waals surface area contributed by atoms with E-state index in [2.05, 4.69) is 61.5 Å². The molecule has 3 aliphatic rings. The molecule has 0 bridgehead atoms. The SMILES string of the molecule is CCC1OC(c2ccc3ccccc3c2)OCC1CC12CC1(CC(C)O)OC(Cc1ccccc1)O2. The quantitative estimate of drug-likeness (QED) is 0.425. The maximum Gasteiger partial charge on any atom is 0.184 e. The van der Waals surface area contributed by atoms with E-state index < -0.39 is 11.7 Å². The summed E-state index contributed by atoms with van der Waals surface area (Å²) in [4.78, 5) is 0. The van der Waals surface area contributed by atoms with Crippen molar-refractivity contribution in [3.63, 3.8) is 0 Å². The second kappa shape index (κ2) is 9.55. The number of fused-ring (bicyclic) bond motifs is 2. The van der Waals surface area contributed by atoms with E-state index in [4.69, 9.17) is 18.9 Å². The van der Waals surface area contributed by atoms with Crippen molar-refractivity contribution in [2.24, 2.45) is 5.92 Å². The van der Waals surface area contributed by atoms with E-state index in [1.807, 2.05) is 25.1 Å². The number of aliphatic hydroxyl groups excluding tert-OH is 1. The lowest BCUT2D eigenvalue weighted by Crippen LogP contribution is -2.40. The summed E-state index contributed by atoms with van der Waals surface area (Å²) in [6, 6.07) is 25.1. The first kappa shape index (κ1) is 24.1. The third kappa shape index (κ3) is 4.48. The second-order valence-electron chi connectivity index (χ2n) is 10.9. The first-order chi connectivity index (χ1) is 17.5. The van der Waals surface area contributed by atoms with Crippen molar-refractivity contribution in [1.29, 1.82) is 0 Å². The maximum atomic E-state index is 10.3. The van der Waals surface area contributed by atoms with E-state index in [0.717, 1.165) is 24.8 Å². The van der Waals surface area contributed by atoms with Crippen molar-refractivity contribution in [1.82, 2.24) is 0 Å². The summed E-state index contributed by atoms with van der Waals surface area (Å²) in [5, 5.41) is 12.7. The summed E-state index contributed by atoms with van der Waals surface area (Å²) >= 11 is 0. The summed E-state index contributed by atoms with van der Waals surface area (Å²) in [7, 11) is 0. The molecule has 0 aromatic heterocycles. The average molecular weight is 489 g/mol. The van der Waals surface area contributed by atoms with Crippen LogP contribution in [0.1, 0.15) is 56.9 Å². The Labute approximate surface area is 213 Å². The number of ether oxygens (including phenoxy) is 4. The number of hydrogen-bond acceptors (Lipinski definition) is 5. The van der Waals surface area contributed by atoms with Gasteiger partial charge in [0.25, 0.3) is 0 Å². The van der Waals surface area contributed by atoms with Crippen LogP contribution in [-0.2, 0) is 25.4 Å². The highest BCUT2D eigenvalue weighted by molar-refractivity contribution is 5.83. The number of aliphatic hydroxyl groups is 1. The third-order valence-corrected chi connectivity index (χ3v) is 8.19. The van der Waals surface area contributed by atoms with Gasteiger partial charge in [0, 0.05) is 30.7 Å². The van der Waals surface area contributed by atoms with Gasteiger partial charge in [-0.25, -0.2) is 0 Å². The molecular formula is C31H36O5. The number of hydrogen-bond donors (Lipinski definition) is 1. The fraction of sp³-hybridized carbons (Fsp3) is 0.484. The van der Waals surface area contributed by atoms with E-state index >= 15 is 0 Å². The first-order valence-electron chi connectivity index (χ1n) is 13.3. The summed E-state index contributed by atoms with van der Waals surface area (Å²) < 4.78 is 26.0. The molecule has 0 spiro atoms. The van der Waals surface area contributed by atoms with Gasteiger partial charge in [-0.05, 0) is 42.2 Å². The lowest BCUT2D eigenvalue weighted by atomic mass is 9.90. The van der Waals surface area contributed by atoms with Crippen molar-refractivity contribution in [2.45, 2.75) is 81.9 Å². The Morgan fingerprint density at radius 1 is 0.944 bits per heavy atom. The molecule has 2 aliphatic heterocycles. The summed E-state index contributed by atoms with van der Waals surface area (Å²) in [6.07, 6.45) is 2.82. The molecule has 1 aliphatic carbocycles. The van der Waals surface area contributed by atoms with E-state index in [-0.39, 0.29) is 30.2 Å². The van der Waals surface area contributed by atoms with Gasteiger partial charge in [0.2, 0.25) is 0 Å². The fourth-order valence-electron chi connectivity index (χ4n) is 6.42. The molecule has 0 radical (unpaired) electrons. The Morgan fingerprint density at radius 3 is 2.47 bits per heavy atom. The topological polar surface area (TPSA) is 57.2 Å². The van der Waals surface area contributed by atoms with E-state index in [1.165, 1.54) is 16.3 Å². The average Bonchev–Trinajstić information content (AvgIpc) is 3.36. The highest BCUT2D eigenvalue weighted by Gasteiger charge is 2.76. The van der Waals surface area contributed by atoms with Gasteiger partial charge < -0.3 is 24.1 Å².